The third-order valence-electron chi connectivity index (χ3n) is 6.88. The molecule has 0 saturated carbocycles. The number of allylic oxidation sites excluding steroid dienone is 1. The van der Waals surface area contributed by atoms with Crippen molar-refractivity contribution in [2.24, 2.45) is 11.3 Å². The van der Waals surface area contributed by atoms with E-state index in [0.29, 0.717) is 30.0 Å². The van der Waals surface area contributed by atoms with Crippen molar-refractivity contribution in [2.75, 3.05) is 6.61 Å². The zero-order chi connectivity index (χ0) is 19.9. The van der Waals surface area contributed by atoms with Crippen LogP contribution in [0.15, 0.2) is 51.2 Å². The minimum atomic E-state index is -0.346. The minimum Gasteiger partial charge on any atom is -0.489 e. The lowest BCUT2D eigenvalue weighted by atomic mass is 9.62. The molecule has 0 unspecified atom stereocenters. The van der Waals surface area contributed by atoms with Crippen LogP contribution in [0.2, 0.25) is 0 Å². The van der Waals surface area contributed by atoms with E-state index in [-0.39, 0.29) is 16.6 Å². The van der Waals surface area contributed by atoms with Crippen molar-refractivity contribution in [3.63, 3.8) is 0 Å². The molecule has 28 heavy (non-hydrogen) atoms. The molecule has 0 amide bonds. The second kappa shape index (κ2) is 7.07. The normalized spacial score (nSPS) is 28.8. The smallest absolute Gasteiger partial charge is 0.336 e. The van der Waals surface area contributed by atoms with Crippen LogP contribution in [0.3, 0.4) is 0 Å². The van der Waals surface area contributed by atoms with Gasteiger partial charge in [-0.3, -0.25) is 0 Å². The van der Waals surface area contributed by atoms with Crippen molar-refractivity contribution in [2.45, 2.75) is 65.1 Å². The fourth-order valence-electron chi connectivity index (χ4n) is 5.21. The van der Waals surface area contributed by atoms with Crippen LogP contribution in [0.4, 0.5) is 0 Å². The number of fused-ring (bicyclic) bond motifs is 3. The van der Waals surface area contributed by atoms with Gasteiger partial charge < -0.3 is 13.9 Å². The quantitative estimate of drug-likeness (QED) is 0.489. The van der Waals surface area contributed by atoms with E-state index in [1.54, 1.807) is 12.1 Å². The van der Waals surface area contributed by atoms with Crippen LogP contribution < -0.4 is 10.4 Å². The molecule has 4 heteroatoms. The molecule has 1 aromatic heterocycles. The predicted octanol–water partition coefficient (Wildman–Crippen LogP) is 5.49. The van der Waals surface area contributed by atoms with Crippen LogP contribution in [0, 0.1) is 11.3 Å². The lowest BCUT2D eigenvalue weighted by molar-refractivity contribution is 0.00469. The number of benzene rings is 1. The van der Waals surface area contributed by atoms with E-state index < -0.39 is 0 Å². The lowest BCUT2D eigenvalue weighted by Gasteiger charge is -2.39. The van der Waals surface area contributed by atoms with E-state index in [1.807, 2.05) is 12.1 Å². The summed E-state index contributed by atoms with van der Waals surface area (Å²) in [5.74, 6) is 1.31. The van der Waals surface area contributed by atoms with Gasteiger partial charge in [-0.1, -0.05) is 19.4 Å². The molecule has 1 aromatic carbocycles. The number of ether oxygens (including phenoxy) is 2. The summed E-state index contributed by atoms with van der Waals surface area (Å²) in [5, 5.41) is 0.892. The van der Waals surface area contributed by atoms with Crippen molar-refractivity contribution >= 4 is 11.0 Å². The SMILES string of the molecule is C/C(=C\COc1ccc2ccc(=O)oc2c1)CC[C@@H]1C(C)(C)[C@H]2CC[C@@]1(C)O2. The molecule has 0 spiro atoms. The standard InChI is InChI=1S/C24H30O4/c1-16(5-9-20-23(2,3)21-11-13-24(20,4)28-21)12-14-26-18-8-6-17-7-10-22(25)27-19(17)15-18/h6-8,10,12,15,20-21H,5,9,11,13-14H2,1-4H3/b16-12+/t20-,21-,24-/m1/s1. The summed E-state index contributed by atoms with van der Waals surface area (Å²) in [6, 6.07) is 8.77. The average molecular weight is 383 g/mol. The van der Waals surface area contributed by atoms with Gasteiger partial charge in [0.15, 0.2) is 0 Å². The highest BCUT2D eigenvalue weighted by Gasteiger charge is 2.60. The predicted molar refractivity (Wildman–Crippen MR) is 111 cm³/mol. The second-order valence-corrected chi connectivity index (χ2v) is 9.19. The third kappa shape index (κ3) is 3.50. The van der Waals surface area contributed by atoms with Gasteiger partial charge in [0, 0.05) is 17.5 Å². The van der Waals surface area contributed by atoms with Crippen LogP contribution >= 0.6 is 0 Å². The summed E-state index contributed by atoms with van der Waals surface area (Å²) in [7, 11) is 0. The van der Waals surface area contributed by atoms with Gasteiger partial charge in [-0.25, -0.2) is 4.79 Å². The summed E-state index contributed by atoms with van der Waals surface area (Å²) in [5.41, 5.74) is 1.87. The van der Waals surface area contributed by atoms with Crippen LogP contribution in [0.1, 0.15) is 53.4 Å². The van der Waals surface area contributed by atoms with Crippen LogP contribution in [-0.2, 0) is 4.74 Å². The van der Waals surface area contributed by atoms with E-state index in [1.165, 1.54) is 24.5 Å². The van der Waals surface area contributed by atoms with Crippen LogP contribution in [0.25, 0.3) is 11.0 Å². The summed E-state index contributed by atoms with van der Waals surface area (Å²) in [4.78, 5) is 11.4. The Kier molecular flexibility index (Phi) is 4.86. The zero-order valence-corrected chi connectivity index (χ0v) is 17.3. The zero-order valence-electron chi connectivity index (χ0n) is 17.3. The molecule has 3 atom stereocenters. The largest absolute Gasteiger partial charge is 0.489 e. The Morgan fingerprint density at radius 2 is 2.04 bits per heavy atom. The van der Waals surface area contributed by atoms with E-state index in [0.717, 1.165) is 18.2 Å². The molecule has 2 bridgehead atoms. The highest BCUT2D eigenvalue weighted by Crippen LogP contribution is 2.59. The highest BCUT2D eigenvalue weighted by molar-refractivity contribution is 5.77. The molecule has 2 aliphatic rings. The van der Waals surface area contributed by atoms with Gasteiger partial charge in [-0.15, -0.1) is 0 Å². The molecule has 4 rings (SSSR count). The van der Waals surface area contributed by atoms with Crippen molar-refractivity contribution in [1.82, 2.24) is 0 Å². The first-order valence-corrected chi connectivity index (χ1v) is 10.3. The van der Waals surface area contributed by atoms with Gasteiger partial charge in [0.1, 0.15) is 17.9 Å². The van der Waals surface area contributed by atoms with Crippen LogP contribution in [-0.4, -0.2) is 18.3 Å². The Hall–Kier alpha value is -2.07. The van der Waals surface area contributed by atoms with Gasteiger partial charge in [0.05, 0.1) is 11.7 Å². The molecule has 3 heterocycles. The molecule has 2 aliphatic heterocycles. The molecule has 0 radical (unpaired) electrons. The van der Waals surface area contributed by atoms with Crippen molar-refractivity contribution in [3.05, 3.63) is 52.4 Å². The van der Waals surface area contributed by atoms with Crippen molar-refractivity contribution < 1.29 is 13.9 Å². The molecule has 0 aliphatic carbocycles. The summed E-state index contributed by atoms with van der Waals surface area (Å²) < 4.78 is 17.4. The lowest BCUT2D eigenvalue weighted by Crippen LogP contribution is -2.40. The molecule has 2 saturated heterocycles. The van der Waals surface area contributed by atoms with E-state index in [4.69, 9.17) is 13.9 Å². The topological polar surface area (TPSA) is 48.7 Å². The number of hydrogen-bond donors (Lipinski definition) is 0. The molecule has 150 valence electrons. The van der Waals surface area contributed by atoms with Crippen LogP contribution in [0.5, 0.6) is 5.75 Å². The number of rotatable bonds is 6. The Balaban J connectivity index is 1.33. The minimum absolute atomic E-state index is 0.0555. The fraction of sp³-hybridized carbons (Fsp3) is 0.542. The van der Waals surface area contributed by atoms with E-state index >= 15 is 0 Å². The monoisotopic (exact) mass is 382 g/mol. The molecular formula is C24H30O4. The van der Waals surface area contributed by atoms with E-state index in [9.17, 15) is 4.79 Å². The Morgan fingerprint density at radius 3 is 2.79 bits per heavy atom. The maximum atomic E-state index is 11.4. The van der Waals surface area contributed by atoms with Gasteiger partial charge in [0.2, 0.25) is 0 Å². The van der Waals surface area contributed by atoms with Gasteiger partial charge in [-0.2, -0.15) is 0 Å². The summed E-state index contributed by atoms with van der Waals surface area (Å²) in [6.45, 7) is 9.72. The maximum absolute atomic E-state index is 11.4. The Morgan fingerprint density at radius 1 is 1.25 bits per heavy atom. The highest BCUT2D eigenvalue weighted by atomic mass is 16.5. The first-order chi connectivity index (χ1) is 13.3. The Bertz CT molecular complexity index is 950. The number of hydrogen-bond acceptors (Lipinski definition) is 4. The average Bonchev–Trinajstić information content (AvgIpc) is 3.12. The van der Waals surface area contributed by atoms with Gasteiger partial charge >= 0.3 is 5.63 Å². The molecule has 4 nitrogen and oxygen atoms in total. The van der Waals surface area contributed by atoms with E-state index in [2.05, 4.69) is 33.8 Å². The first kappa shape index (κ1) is 19.3. The second-order valence-electron chi connectivity index (χ2n) is 9.19. The molecule has 2 fully saturated rings. The summed E-state index contributed by atoms with van der Waals surface area (Å²) >= 11 is 0. The first-order valence-electron chi connectivity index (χ1n) is 10.3. The third-order valence-corrected chi connectivity index (χ3v) is 6.88. The molecule has 2 aromatic rings. The Labute approximate surface area is 166 Å². The molecule has 0 N–H and O–H groups in total. The summed E-state index contributed by atoms with van der Waals surface area (Å²) in [6.07, 6.45) is 7.18. The molecular weight excluding hydrogens is 352 g/mol. The fourth-order valence-corrected chi connectivity index (χ4v) is 5.21. The van der Waals surface area contributed by atoms with Gasteiger partial charge in [-0.05, 0) is 75.1 Å². The van der Waals surface area contributed by atoms with Crippen molar-refractivity contribution in [3.8, 4) is 5.75 Å². The van der Waals surface area contributed by atoms with Gasteiger partial charge in [0.25, 0.3) is 0 Å². The maximum Gasteiger partial charge on any atom is 0.336 e. The van der Waals surface area contributed by atoms with Crippen molar-refractivity contribution in [1.29, 1.82) is 0 Å².